The van der Waals surface area contributed by atoms with E-state index in [1.165, 1.54) is 0 Å². The zero-order valence-electron chi connectivity index (χ0n) is 16.0. The van der Waals surface area contributed by atoms with E-state index in [4.69, 9.17) is 4.74 Å². The Morgan fingerprint density at radius 2 is 1.44 bits per heavy atom. The number of hydrogen-bond acceptors (Lipinski definition) is 3. The molecule has 6 heteroatoms. The Morgan fingerprint density at radius 1 is 0.926 bits per heavy atom. The summed E-state index contributed by atoms with van der Waals surface area (Å²) in [5, 5.41) is 0. The monoisotopic (exact) mass is 388 g/mol. The second-order valence-electron chi connectivity index (χ2n) is 7.14. The number of benzene rings is 2. The quantitative estimate of drug-likeness (QED) is 0.732. The van der Waals surface area contributed by atoms with E-state index in [1.807, 2.05) is 74.5 Å². The first-order chi connectivity index (χ1) is 12.9. The molecule has 0 N–H and O–H groups in total. The highest BCUT2D eigenvalue weighted by molar-refractivity contribution is 7.86. The fraction of sp³-hybridized carbons (Fsp3) is 0.429. The maximum Gasteiger partial charge on any atom is 0.282 e. The van der Waals surface area contributed by atoms with Crippen LogP contribution in [-0.2, 0) is 27.9 Å². The molecule has 1 heterocycles. The van der Waals surface area contributed by atoms with Crippen LogP contribution in [0.25, 0.3) is 0 Å². The van der Waals surface area contributed by atoms with Crippen molar-refractivity contribution in [3.8, 4) is 0 Å². The molecule has 1 aliphatic rings. The van der Waals surface area contributed by atoms with Gasteiger partial charge in [0.15, 0.2) is 0 Å². The minimum Gasteiger partial charge on any atom is -0.373 e. The van der Waals surface area contributed by atoms with E-state index >= 15 is 0 Å². The van der Waals surface area contributed by atoms with Gasteiger partial charge in [0.1, 0.15) is 0 Å². The highest BCUT2D eigenvalue weighted by atomic mass is 32.2. The molecule has 5 nitrogen and oxygen atoms in total. The lowest BCUT2D eigenvalue weighted by Crippen LogP contribution is -2.53. The van der Waals surface area contributed by atoms with Gasteiger partial charge in [-0.05, 0) is 31.4 Å². The van der Waals surface area contributed by atoms with Gasteiger partial charge < -0.3 is 4.74 Å². The summed E-state index contributed by atoms with van der Waals surface area (Å²) in [5.74, 6) is 0. The molecule has 2 aromatic carbocycles. The van der Waals surface area contributed by atoms with Gasteiger partial charge in [0, 0.05) is 26.2 Å². The van der Waals surface area contributed by atoms with E-state index in [9.17, 15) is 8.42 Å². The summed E-state index contributed by atoms with van der Waals surface area (Å²) in [4.78, 5) is 0. The van der Waals surface area contributed by atoms with E-state index in [0.29, 0.717) is 32.6 Å². The van der Waals surface area contributed by atoms with Crippen LogP contribution in [0.2, 0.25) is 0 Å². The van der Waals surface area contributed by atoms with Crippen molar-refractivity contribution in [2.24, 2.45) is 0 Å². The zero-order valence-corrected chi connectivity index (χ0v) is 16.8. The van der Waals surface area contributed by atoms with Gasteiger partial charge >= 0.3 is 0 Å². The molecule has 0 bridgehead atoms. The van der Waals surface area contributed by atoms with Crippen molar-refractivity contribution >= 4 is 10.2 Å². The summed E-state index contributed by atoms with van der Waals surface area (Å²) < 4.78 is 35.7. The van der Waals surface area contributed by atoms with Gasteiger partial charge in [0.05, 0.1) is 12.2 Å². The van der Waals surface area contributed by atoms with Crippen molar-refractivity contribution in [3.05, 3.63) is 71.8 Å². The third kappa shape index (κ3) is 5.39. The number of morpholine rings is 1. The Hall–Kier alpha value is -1.73. The fourth-order valence-corrected chi connectivity index (χ4v) is 5.20. The largest absolute Gasteiger partial charge is 0.373 e. The lowest BCUT2D eigenvalue weighted by molar-refractivity contribution is -0.0455. The third-order valence-corrected chi connectivity index (χ3v) is 6.65. The maximum atomic E-state index is 13.4. The molecule has 0 aliphatic carbocycles. The molecule has 0 saturated carbocycles. The van der Waals surface area contributed by atoms with Crippen LogP contribution in [0.3, 0.4) is 0 Å². The fourth-order valence-electron chi connectivity index (χ4n) is 3.44. The average Bonchev–Trinajstić information content (AvgIpc) is 2.66. The summed E-state index contributed by atoms with van der Waals surface area (Å²) in [5.41, 5.74) is 2.12. The van der Waals surface area contributed by atoms with E-state index in [2.05, 4.69) is 0 Å². The molecular formula is C21H28N2O3S. The number of hydrogen-bond donors (Lipinski definition) is 0. The molecular weight excluding hydrogens is 360 g/mol. The second-order valence-corrected chi connectivity index (χ2v) is 9.07. The van der Waals surface area contributed by atoms with E-state index in [1.54, 1.807) is 8.61 Å². The summed E-state index contributed by atoms with van der Waals surface area (Å²) in [6.45, 7) is 5.44. The molecule has 146 valence electrons. The van der Waals surface area contributed by atoms with Gasteiger partial charge in [-0.15, -0.1) is 0 Å². The van der Waals surface area contributed by atoms with Gasteiger partial charge in [-0.1, -0.05) is 60.7 Å². The molecule has 27 heavy (non-hydrogen) atoms. The molecule has 0 aromatic heterocycles. The van der Waals surface area contributed by atoms with Crippen molar-refractivity contribution in [1.82, 2.24) is 8.61 Å². The van der Waals surface area contributed by atoms with Crippen molar-refractivity contribution in [3.63, 3.8) is 0 Å². The summed E-state index contributed by atoms with van der Waals surface area (Å²) in [6.07, 6.45) is 0.481. The predicted molar refractivity (Wildman–Crippen MR) is 107 cm³/mol. The SMILES string of the molecule is C[C@@H]1CN(S(=O)(=O)N(CCc2ccccc2)Cc2ccccc2)C[C@@H](C)O1. The molecule has 1 aliphatic heterocycles. The van der Waals surface area contributed by atoms with Gasteiger partial charge in [0.25, 0.3) is 10.2 Å². The van der Waals surface area contributed by atoms with Gasteiger partial charge in [0.2, 0.25) is 0 Å². The van der Waals surface area contributed by atoms with Crippen molar-refractivity contribution in [2.75, 3.05) is 19.6 Å². The number of nitrogens with zero attached hydrogens (tertiary/aromatic N) is 2. The Morgan fingerprint density at radius 3 is 2.00 bits per heavy atom. The van der Waals surface area contributed by atoms with Crippen LogP contribution >= 0.6 is 0 Å². The lowest BCUT2D eigenvalue weighted by atomic mass is 10.1. The lowest BCUT2D eigenvalue weighted by Gasteiger charge is -2.37. The van der Waals surface area contributed by atoms with Gasteiger partial charge in [-0.3, -0.25) is 0 Å². The highest BCUT2D eigenvalue weighted by Crippen LogP contribution is 2.20. The summed E-state index contributed by atoms with van der Waals surface area (Å²) in [6, 6.07) is 19.8. The molecule has 0 unspecified atom stereocenters. The van der Waals surface area contributed by atoms with Crippen LogP contribution in [0, 0.1) is 0 Å². The average molecular weight is 389 g/mol. The molecule has 0 spiro atoms. The van der Waals surface area contributed by atoms with Crippen LogP contribution in [0.1, 0.15) is 25.0 Å². The first-order valence-corrected chi connectivity index (χ1v) is 10.8. The minimum atomic E-state index is -3.57. The Bertz CT molecular complexity index is 802. The zero-order chi connectivity index (χ0) is 19.3. The van der Waals surface area contributed by atoms with Crippen LogP contribution in [-0.4, -0.2) is 48.9 Å². The molecule has 0 radical (unpaired) electrons. The van der Waals surface area contributed by atoms with Gasteiger partial charge in [-0.2, -0.15) is 17.0 Å². The Kier molecular flexibility index (Phi) is 6.65. The Labute approximate surface area is 162 Å². The standard InChI is InChI=1S/C21H28N2O3S/c1-18-15-23(16-19(2)26-18)27(24,25)22(17-21-11-7-4-8-12-21)14-13-20-9-5-3-6-10-20/h3-12,18-19H,13-17H2,1-2H3/t18-,19-/m1/s1. The van der Waals surface area contributed by atoms with E-state index in [0.717, 1.165) is 11.1 Å². The van der Waals surface area contributed by atoms with Crippen molar-refractivity contribution < 1.29 is 13.2 Å². The summed E-state index contributed by atoms with van der Waals surface area (Å²) in [7, 11) is -3.57. The minimum absolute atomic E-state index is 0.101. The van der Waals surface area contributed by atoms with Crippen LogP contribution in [0.15, 0.2) is 60.7 Å². The molecule has 1 fully saturated rings. The smallest absolute Gasteiger partial charge is 0.282 e. The van der Waals surface area contributed by atoms with Crippen LogP contribution in [0.5, 0.6) is 0 Å². The van der Waals surface area contributed by atoms with E-state index < -0.39 is 10.2 Å². The molecule has 0 amide bonds. The van der Waals surface area contributed by atoms with Crippen molar-refractivity contribution in [1.29, 1.82) is 0 Å². The first-order valence-electron chi connectivity index (χ1n) is 9.43. The summed E-state index contributed by atoms with van der Waals surface area (Å²) >= 11 is 0. The topological polar surface area (TPSA) is 49.9 Å². The number of rotatable bonds is 7. The van der Waals surface area contributed by atoms with E-state index in [-0.39, 0.29) is 12.2 Å². The molecule has 2 atom stereocenters. The first kappa shape index (κ1) is 20.0. The van der Waals surface area contributed by atoms with Crippen LogP contribution < -0.4 is 0 Å². The molecule has 2 aromatic rings. The normalized spacial score (nSPS) is 21.4. The Balaban J connectivity index is 1.80. The van der Waals surface area contributed by atoms with Crippen LogP contribution in [0.4, 0.5) is 0 Å². The molecule has 1 saturated heterocycles. The second kappa shape index (κ2) is 8.97. The third-order valence-electron chi connectivity index (χ3n) is 4.73. The van der Waals surface area contributed by atoms with Gasteiger partial charge in [-0.25, -0.2) is 0 Å². The number of ether oxygens (including phenoxy) is 1. The van der Waals surface area contributed by atoms with Crippen molar-refractivity contribution in [2.45, 2.75) is 39.0 Å². The highest BCUT2D eigenvalue weighted by Gasteiger charge is 2.35. The maximum absolute atomic E-state index is 13.4. The predicted octanol–water partition coefficient (Wildman–Crippen LogP) is 3.09. The molecule has 3 rings (SSSR count).